The minimum absolute atomic E-state index is 0.0843. The molecule has 1 rings (SSSR count). The molecule has 1 aromatic carbocycles. The first kappa shape index (κ1) is 12.5. The van der Waals surface area contributed by atoms with E-state index >= 15 is 0 Å². The van der Waals surface area contributed by atoms with E-state index in [0.717, 1.165) is 0 Å². The van der Waals surface area contributed by atoms with Gasteiger partial charge in [0.2, 0.25) is 0 Å². The summed E-state index contributed by atoms with van der Waals surface area (Å²) < 4.78 is 16.4. The highest BCUT2D eigenvalue weighted by atomic mass is 35.5. The standard InChI is InChI=1S/C10H12ClO3P/c1-3-14-15(12,13)8(2)9-4-6-10(11)7-5-9/h4-7H,2-3H2,1H3,(H,12,13). The van der Waals surface area contributed by atoms with Gasteiger partial charge in [-0.2, -0.15) is 0 Å². The van der Waals surface area contributed by atoms with E-state index in [2.05, 4.69) is 6.58 Å². The molecular formula is C10H12ClO3P. The normalized spacial score (nSPS) is 14.6. The number of halogens is 1. The fourth-order valence-electron chi connectivity index (χ4n) is 1.06. The maximum absolute atomic E-state index is 11.6. The molecule has 0 aliphatic heterocycles. The maximum atomic E-state index is 11.6. The molecule has 0 saturated heterocycles. The SMILES string of the molecule is C=C(c1ccc(Cl)cc1)P(=O)(O)OCC. The lowest BCUT2D eigenvalue weighted by atomic mass is 10.2. The molecule has 5 heteroatoms. The van der Waals surface area contributed by atoms with E-state index in [1.807, 2.05) is 0 Å². The van der Waals surface area contributed by atoms with Gasteiger partial charge in [0, 0.05) is 5.02 Å². The van der Waals surface area contributed by atoms with Crippen LogP contribution >= 0.6 is 19.2 Å². The molecule has 1 atom stereocenters. The van der Waals surface area contributed by atoms with E-state index in [4.69, 9.17) is 16.1 Å². The molecule has 0 heterocycles. The summed E-state index contributed by atoms with van der Waals surface area (Å²) in [5.74, 6) is 0. The third-order valence-corrected chi connectivity index (χ3v) is 3.62. The third kappa shape index (κ3) is 3.18. The summed E-state index contributed by atoms with van der Waals surface area (Å²) in [4.78, 5) is 9.51. The van der Waals surface area contributed by atoms with Crippen molar-refractivity contribution in [3.63, 3.8) is 0 Å². The van der Waals surface area contributed by atoms with E-state index in [1.165, 1.54) is 0 Å². The molecule has 0 aliphatic rings. The van der Waals surface area contributed by atoms with Crippen LogP contribution in [0.4, 0.5) is 0 Å². The molecule has 0 amide bonds. The van der Waals surface area contributed by atoms with Crippen LogP contribution in [-0.2, 0) is 9.09 Å². The van der Waals surface area contributed by atoms with Crippen LogP contribution < -0.4 is 0 Å². The van der Waals surface area contributed by atoms with Gasteiger partial charge in [-0.1, -0.05) is 30.3 Å². The number of hydrogen-bond acceptors (Lipinski definition) is 2. The molecule has 15 heavy (non-hydrogen) atoms. The average Bonchev–Trinajstić information content (AvgIpc) is 2.18. The molecule has 0 aliphatic carbocycles. The molecule has 0 radical (unpaired) electrons. The van der Waals surface area contributed by atoms with Crippen LogP contribution in [0.3, 0.4) is 0 Å². The smallest absolute Gasteiger partial charge is 0.321 e. The van der Waals surface area contributed by atoms with Gasteiger partial charge in [-0.3, -0.25) is 4.57 Å². The van der Waals surface area contributed by atoms with Crippen LogP contribution in [0.2, 0.25) is 5.02 Å². The summed E-state index contributed by atoms with van der Waals surface area (Å²) in [6, 6.07) is 6.53. The van der Waals surface area contributed by atoms with E-state index in [0.29, 0.717) is 10.6 Å². The van der Waals surface area contributed by atoms with Gasteiger partial charge in [-0.25, -0.2) is 0 Å². The van der Waals surface area contributed by atoms with Crippen LogP contribution in [-0.4, -0.2) is 11.5 Å². The van der Waals surface area contributed by atoms with Crippen molar-refractivity contribution >= 4 is 24.5 Å². The Morgan fingerprint density at radius 3 is 2.53 bits per heavy atom. The number of benzene rings is 1. The van der Waals surface area contributed by atoms with Crippen molar-refractivity contribution in [1.82, 2.24) is 0 Å². The van der Waals surface area contributed by atoms with Crippen LogP contribution in [0.5, 0.6) is 0 Å². The minimum Gasteiger partial charge on any atom is -0.321 e. The van der Waals surface area contributed by atoms with E-state index in [9.17, 15) is 9.46 Å². The van der Waals surface area contributed by atoms with E-state index < -0.39 is 7.60 Å². The topological polar surface area (TPSA) is 46.5 Å². The molecule has 1 N–H and O–H groups in total. The maximum Gasteiger partial charge on any atom is 0.358 e. The van der Waals surface area contributed by atoms with E-state index in [-0.39, 0.29) is 11.9 Å². The van der Waals surface area contributed by atoms with Gasteiger partial charge in [0.05, 0.1) is 11.9 Å². The zero-order chi connectivity index (χ0) is 11.5. The van der Waals surface area contributed by atoms with Crippen LogP contribution in [0.15, 0.2) is 30.8 Å². The zero-order valence-electron chi connectivity index (χ0n) is 8.31. The zero-order valence-corrected chi connectivity index (χ0v) is 9.96. The van der Waals surface area contributed by atoms with E-state index in [1.54, 1.807) is 31.2 Å². The first-order chi connectivity index (χ1) is 6.97. The molecular weight excluding hydrogens is 235 g/mol. The lowest BCUT2D eigenvalue weighted by molar-refractivity contribution is 0.285. The summed E-state index contributed by atoms with van der Waals surface area (Å²) in [7, 11) is -3.76. The highest BCUT2D eigenvalue weighted by Gasteiger charge is 2.24. The Morgan fingerprint density at radius 2 is 2.07 bits per heavy atom. The first-order valence-corrected chi connectivity index (χ1v) is 6.35. The lowest BCUT2D eigenvalue weighted by Crippen LogP contribution is -1.91. The fourth-order valence-corrected chi connectivity index (χ4v) is 2.17. The summed E-state index contributed by atoms with van der Waals surface area (Å²) in [5, 5.41) is 0.650. The fraction of sp³-hybridized carbons (Fsp3) is 0.200. The summed E-state index contributed by atoms with van der Waals surface area (Å²) in [6.45, 7) is 5.38. The monoisotopic (exact) mass is 246 g/mol. The van der Waals surface area contributed by atoms with Gasteiger partial charge in [0.25, 0.3) is 0 Å². The second-order valence-electron chi connectivity index (χ2n) is 2.89. The Hall–Kier alpha value is -0.600. The quantitative estimate of drug-likeness (QED) is 0.827. The third-order valence-electron chi connectivity index (χ3n) is 1.82. The van der Waals surface area contributed by atoms with Gasteiger partial charge in [0.1, 0.15) is 0 Å². The Balaban J connectivity index is 2.94. The van der Waals surface area contributed by atoms with Gasteiger partial charge < -0.3 is 9.42 Å². The van der Waals surface area contributed by atoms with Crippen molar-refractivity contribution in [2.45, 2.75) is 6.92 Å². The van der Waals surface area contributed by atoms with Crippen molar-refractivity contribution in [1.29, 1.82) is 0 Å². The molecule has 0 aromatic heterocycles. The first-order valence-electron chi connectivity index (χ1n) is 4.40. The molecule has 0 spiro atoms. The predicted octanol–water partition coefficient (Wildman–Crippen LogP) is 3.53. The van der Waals surface area contributed by atoms with Crippen LogP contribution in [0, 0.1) is 0 Å². The molecule has 82 valence electrons. The average molecular weight is 247 g/mol. The lowest BCUT2D eigenvalue weighted by Gasteiger charge is -2.13. The summed E-state index contributed by atoms with van der Waals surface area (Å²) in [5.41, 5.74) is 0.554. The molecule has 1 unspecified atom stereocenters. The number of rotatable bonds is 4. The van der Waals surface area contributed by atoms with Gasteiger partial charge in [0.15, 0.2) is 0 Å². The van der Waals surface area contributed by atoms with Crippen molar-refractivity contribution in [3.8, 4) is 0 Å². The largest absolute Gasteiger partial charge is 0.358 e. The molecule has 0 bridgehead atoms. The second kappa shape index (κ2) is 4.95. The molecule has 0 saturated carbocycles. The van der Waals surface area contributed by atoms with Crippen LogP contribution in [0.25, 0.3) is 5.31 Å². The van der Waals surface area contributed by atoms with Gasteiger partial charge in [-0.15, -0.1) is 0 Å². The van der Waals surface area contributed by atoms with Crippen molar-refractivity contribution in [2.75, 3.05) is 6.61 Å². The second-order valence-corrected chi connectivity index (χ2v) is 5.17. The van der Waals surface area contributed by atoms with Gasteiger partial charge in [-0.05, 0) is 24.6 Å². The Labute approximate surface area is 93.9 Å². The minimum atomic E-state index is -3.76. The molecule has 3 nitrogen and oxygen atoms in total. The molecule has 0 fully saturated rings. The summed E-state index contributed by atoms with van der Waals surface area (Å²) in [6.07, 6.45) is 0. The Bertz CT molecular complexity index is 400. The van der Waals surface area contributed by atoms with Crippen molar-refractivity contribution in [3.05, 3.63) is 41.4 Å². The number of hydrogen-bond donors (Lipinski definition) is 1. The van der Waals surface area contributed by atoms with Crippen LogP contribution in [0.1, 0.15) is 12.5 Å². The molecule has 1 aromatic rings. The Kier molecular flexibility index (Phi) is 4.12. The highest BCUT2D eigenvalue weighted by Crippen LogP contribution is 2.54. The van der Waals surface area contributed by atoms with Crippen molar-refractivity contribution in [2.24, 2.45) is 0 Å². The highest BCUT2D eigenvalue weighted by molar-refractivity contribution is 7.64. The van der Waals surface area contributed by atoms with Gasteiger partial charge >= 0.3 is 7.60 Å². The Morgan fingerprint density at radius 1 is 1.53 bits per heavy atom. The van der Waals surface area contributed by atoms with Crippen molar-refractivity contribution < 1.29 is 14.0 Å². The summed E-state index contributed by atoms with van der Waals surface area (Å²) >= 11 is 5.70. The predicted molar refractivity (Wildman–Crippen MR) is 61.9 cm³/mol.